The zero-order valence-corrected chi connectivity index (χ0v) is 18.0. The molecule has 2 atom stereocenters. The Kier molecular flexibility index (Phi) is 7.19. The van der Waals surface area contributed by atoms with Crippen molar-refractivity contribution in [3.05, 3.63) is 46.8 Å². The fraction of sp³-hybridized carbons (Fsp3) is 0.429. The van der Waals surface area contributed by atoms with Gasteiger partial charge >= 0.3 is 0 Å². The Balaban J connectivity index is 1.78. The summed E-state index contributed by atoms with van der Waals surface area (Å²) in [7, 11) is 1.77. The van der Waals surface area contributed by atoms with E-state index in [9.17, 15) is 9.18 Å². The van der Waals surface area contributed by atoms with Crippen LogP contribution in [0.5, 0.6) is 0 Å². The van der Waals surface area contributed by atoms with E-state index in [4.69, 9.17) is 23.2 Å². The largest absolute Gasteiger partial charge is 0.352 e. The first-order chi connectivity index (χ1) is 13.9. The molecule has 5 nitrogen and oxygen atoms in total. The van der Waals surface area contributed by atoms with Crippen LogP contribution in [0, 0.1) is 5.82 Å². The third-order valence-electron chi connectivity index (χ3n) is 4.98. The molecule has 0 fully saturated rings. The lowest BCUT2D eigenvalue weighted by molar-refractivity contribution is 0.0949. The van der Waals surface area contributed by atoms with Gasteiger partial charge in [0.15, 0.2) is 0 Å². The third-order valence-corrected chi connectivity index (χ3v) is 5.74. The lowest BCUT2D eigenvalue weighted by Crippen LogP contribution is -2.31. The average Bonchev–Trinajstić information content (AvgIpc) is 2.99. The van der Waals surface area contributed by atoms with E-state index in [0.717, 1.165) is 25.7 Å². The number of aryl methyl sites for hydroxylation is 1. The molecule has 1 aliphatic carbocycles. The Morgan fingerprint density at radius 1 is 1.31 bits per heavy atom. The number of aromatic nitrogens is 2. The minimum Gasteiger partial charge on any atom is -0.352 e. The monoisotopic (exact) mass is 438 g/mol. The number of anilines is 1. The SMILES string of the molecule is CCCCCCNC(=O)c1cc2nc(NC3C(Cl)=CC=CC3Cl)n(C)c2cc1F. The predicted molar refractivity (Wildman–Crippen MR) is 117 cm³/mol. The van der Waals surface area contributed by atoms with Gasteiger partial charge in [-0.25, -0.2) is 9.37 Å². The number of carbonyl (C=O) groups is 1. The van der Waals surface area contributed by atoms with Gasteiger partial charge in [-0.2, -0.15) is 0 Å². The number of imidazole rings is 1. The summed E-state index contributed by atoms with van der Waals surface area (Å²) in [5, 5.41) is 6.22. The van der Waals surface area contributed by atoms with E-state index in [1.54, 1.807) is 23.8 Å². The fourth-order valence-corrected chi connectivity index (χ4v) is 3.88. The van der Waals surface area contributed by atoms with E-state index >= 15 is 0 Å². The highest BCUT2D eigenvalue weighted by Crippen LogP contribution is 2.27. The van der Waals surface area contributed by atoms with E-state index in [1.165, 1.54) is 12.1 Å². The molecular formula is C21H25Cl2FN4O. The summed E-state index contributed by atoms with van der Waals surface area (Å²) in [6.07, 6.45) is 9.57. The van der Waals surface area contributed by atoms with Crippen LogP contribution in [-0.4, -0.2) is 33.4 Å². The lowest BCUT2D eigenvalue weighted by Gasteiger charge is -2.23. The smallest absolute Gasteiger partial charge is 0.254 e. The number of halogens is 3. The second kappa shape index (κ2) is 9.63. The Labute approximate surface area is 180 Å². The number of alkyl halides is 1. The van der Waals surface area contributed by atoms with Gasteiger partial charge in [-0.1, -0.05) is 49.9 Å². The van der Waals surface area contributed by atoms with E-state index in [2.05, 4.69) is 22.5 Å². The molecule has 1 aliphatic rings. The minimum absolute atomic E-state index is 0.00797. The number of hydrogen-bond donors (Lipinski definition) is 2. The van der Waals surface area contributed by atoms with Gasteiger partial charge in [0, 0.05) is 24.7 Å². The number of fused-ring (bicyclic) bond motifs is 1. The van der Waals surface area contributed by atoms with Gasteiger partial charge in [-0.3, -0.25) is 4.79 Å². The number of nitrogens with one attached hydrogen (secondary N) is 2. The summed E-state index contributed by atoms with van der Waals surface area (Å²) in [5.41, 5.74) is 1.08. The summed E-state index contributed by atoms with van der Waals surface area (Å²) in [6, 6.07) is 2.47. The van der Waals surface area contributed by atoms with Gasteiger partial charge in [0.05, 0.1) is 28.0 Å². The highest BCUT2D eigenvalue weighted by molar-refractivity contribution is 6.32. The van der Waals surface area contributed by atoms with Crippen LogP contribution in [-0.2, 0) is 7.05 Å². The first kappa shape index (κ1) is 21.7. The molecule has 3 rings (SSSR count). The van der Waals surface area contributed by atoms with Gasteiger partial charge < -0.3 is 15.2 Å². The van der Waals surface area contributed by atoms with Crippen molar-refractivity contribution in [3.63, 3.8) is 0 Å². The lowest BCUT2D eigenvalue weighted by atomic mass is 10.1. The van der Waals surface area contributed by atoms with Crippen molar-refractivity contribution < 1.29 is 9.18 Å². The normalized spacial score (nSPS) is 18.7. The van der Waals surface area contributed by atoms with Gasteiger partial charge in [0.2, 0.25) is 5.95 Å². The number of nitrogens with zero attached hydrogens (tertiary/aromatic N) is 2. The maximum Gasteiger partial charge on any atom is 0.254 e. The Morgan fingerprint density at radius 3 is 2.83 bits per heavy atom. The van der Waals surface area contributed by atoms with Crippen LogP contribution in [0.2, 0.25) is 0 Å². The molecule has 156 valence electrons. The summed E-state index contributed by atoms with van der Waals surface area (Å²) < 4.78 is 16.3. The topological polar surface area (TPSA) is 59.0 Å². The highest BCUT2D eigenvalue weighted by atomic mass is 35.5. The zero-order chi connectivity index (χ0) is 21.0. The van der Waals surface area contributed by atoms with Gasteiger partial charge in [0.25, 0.3) is 5.91 Å². The molecule has 1 heterocycles. The van der Waals surface area contributed by atoms with Crippen molar-refractivity contribution in [2.24, 2.45) is 7.05 Å². The van der Waals surface area contributed by atoms with Crippen molar-refractivity contribution in [2.75, 3.05) is 11.9 Å². The van der Waals surface area contributed by atoms with Crippen molar-refractivity contribution in [1.82, 2.24) is 14.9 Å². The van der Waals surface area contributed by atoms with Crippen molar-refractivity contribution in [2.45, 2.75) is 44.0 Å². The van der Waals surface area contributed by atoms with E-state index < -0.39 is 11.7 Å². The molecule has 0 radical (unpaired) electrons. The molecular weight excluding hydrogens is 414 g/mol. The Bertz CT molecular complexity index is 954. The number of carbonyl (C=O) groups excluding carboxylic acids is 1. The Hall–Kier alpha value is -2.05. The molecule has 0 spiro atoms. The first-order valence-corrected chi connectivity index (χ1v) is 10.6. The molecule has 8 heteroatoms. The molecule has 0 aliphatic heterocycles. The van der Waals surface area contributed by atoms with Crippen molar-refractivity contribution in [3.8, 4) is 0 Å². The molecule has 1 amide bonds. The molecule has 1 aromatic heterocycles. The summed E-state index contributed by atoms with van der Waals surface area (Å²) in [5.74, 6) is -0.508. The number of benzene rings is 1. The van der Waals surface area contributed by atoms with Crippen LogP contribution in [0.3, 0.4) is 0 Å². The quantitative estimate of drug-likeness (QED) is 0.444. The van der Waals surface area contributed by atoms with Crippen LogP contribution in [0.1, 0.15) is 43.0 Å². The molecule has 29 heavy (non-hydrogen) atoms. The van der Waals surface area contributed by atoms with Crippen molar-refractivity contribution in [1.29, 1.82) is 0 Å². The van der Waals surface area contributed by atoms with Gasteiger partial charge in [0.1, 0.15) is 5.82 Å². The first-order valence-electron chi connectivity index (χ1n) is 9.81. The zero-order valence-electron chi connectivity index (χ0n) is 16.5. The minimum atomic E-state index is -0.577. The second-order valence-corrected chi connectivity index (χ2v) is 8.08. The maximum atomic E-state index is 14.6. The maximum absolute atomic E-state index is 14.6. The highest BCUT2D eigenvalue weighted by Gasteiger charge is 2.25. The van der Waals surface area contributed by atoms with Crippen LogP contribution in [0.15, 0.2) is 35.4 Å². The molecule has 0 saturated heterocycles. The average molecular weight is 439 g/mol. The number of amides is 1. The summed E-state index contributed by atoms with van der Waals surface area (Å²) in [4.78, 5) is 16.9. The standard InChI is InChI=1S/C21H25Cl2FN4O/c1-3-4-5-6-10-25-20(29)13-11-17-18(12-16(13)24)28(2)21(26-17)27-19-14(22)8-7-9-15(19)23/h7-9,11-12,14,19H,3-6,10H2,1-2H3,(H,25,29)(H,26,27). The third kappa shape index (κ3) is 4.93. The van der Waals surface area contributed by atoms with Crippen LogP contribution in [0.25, 0.3) is 11.0 Å². The molecule has 2 N–H and O–H groups in total. The molecule has 2 aromatic rings. The van der Waals surface area contributed by atoms with Crippen molar-refractivity contribution >= 4 is 46.1 Å². The van der Waals surface area contributed by atoms with E-state index in [-0.39, 0.29) is 17.0 Å². The van der Waals surface area contributed by atoms with Crippen LogP contribution in [0.4, 0.5) is 10.3 Å². The Morgan fingerprint density at radius 2 is 2.10 bits per heavy atom. The van der Waals surface area contributed by atoms with Crippen LogP contribution < -0.4 is 10.6 Å². The van der Waals surface area contributed by atoms with Gasteiger partial charge in [-0.05, 0) is 18.6 Å². The fourth-order valence-electron chi connectivity index (χ4n) is 3.27. The van der Waals surface area contributed by atoms with E-state index in [0.29, 0.717) is 28.6 Å². The second-order valence-electron chi connectivity index (χ2n) is 7.13. The predicted octanol–water partition coefficient (Wildman–Crippen LogP) is 5.10. The van der Waals surface area contributed by atoms with Gasteiger partial charge in [-0.15, -0.1) is 11.6 Å². The number of rotatable bonds is 8. The summed E-state index contributed by atoms with van der Waals surface area (Å²) in [6.45, 7) is 2.66. The number of hydrogen-bond acceptors (Lipinski definition) is 3. The molecule has 2 unspecified atom stereocenters. The summed E-state index contributed by atoms with van der Waals surface area (Å²) >= 11 is 12.6. The van der Waals surface area contributed by atoms with E-state index in [1.807, 2.05) is 6.08 Å². The molecule has 0 saturated carbocycles. The molecule has 0 bridgehead atoms. The number of allylic oxidation sites excluding steroid dienone is 2. The van der Waals surface area contributed by atoms with Crippen LogP contribution >= 0.6 is 23.2 Å². The molecule has 1 aromatic carbocycles. The number of unbranched alkanes of at least 4 members (excludes halogenated alkanes) is 3.